The summed E-state index contributed by atoms with van der Waals surface area (Å²) in [6.45, 7) is 6.10. The van der Waals surface area contributed by atoms with Gasteiger partial charge in [0.1, 0.15) is 11.5 Å². The lowest BCUT2D eigenvalue weighted by Gasteiger charge is -2.28. The van der Waals surface area contributed by atoms with Gasteiger partial charge in [-0.1, -0.05) is 26.0 Å². The van der Waals surface area contributed by atoms with E-state index >= 15 is 0 Å². The number of anilines is 2. The molecule has 32 heavy (non-hydrogen) atoms. The molecule has 0 unspecified atom stereocenters. The van der Waals surface area contributed by atoms with Crippen LogP contribution in [0.4, 0.5) is 11.6 Å². The minimum Gasteiger partial charge on any atom is -0.497 e. The van der Waals surface area contributed by atoms with Crippen molar-refractivity contribution in [2.75, 3.05) is 24.9 Å². The average Bonchev–Trinajstić information content (AvgIpc) is 2.78. The summed E-state index contributed by atoms with van der Waals surface area (Å²) >= 11 is 0. The van der Waals surface area contributed by atoms with Crippen molar-refractivity contribution in [2.24, 2.45) is 4.99 Å². The van der Waals surface area contributed by atoms with Crippen LogP contribution in [0.3, 0.4) is 0 Å². The monoisotopic (exact) mass is 433 g/mol. The van der Waals surface area contributed by atoms with Gasteiger partial charge in [-0.25, -0.2) is 9.98 Å². The van der Waals surface area contributed by atoms with Crippen molar-refractivity contribution in [2.45, 2.75) is 32.9 Å². The lowest BCUT2D eigenvalue weighted by atomic mass is 10.0. The topological polar surface area (TPSA) is 89.8 Å². The van der Waals surface area contributed by atoms with Crippen LogP contribution in [0.2, 0.25) is 0 Å². The predicted molar refractivity (Wildman–Crippen MR) is 126 cm³/mol. The summed E-state index contributed by atoms with van der Waals surface area (Å²) in [7, 11) is 3.17. The number of hydrogen-bond donors (Lipinski definition) is 2. The highest BCUT2D eigenvalue weighted by atomic mass is 16.5. The largest absolute Gasteiger partial charge is 0.497 e. The summed E-state index contributed by atoms with van der Waals surface area (Å²) in [4.78, 5) is 22.2. The third-order valence-corrected chi connectivity index (χ3v) is 5.37. The maximum atomic E-state index is 12.9. The Labute approximate surface area is 186 Å². The molecule has 2 N–H and O–H groups in total. The van der Waals surface area contributed by atoms with Crippen molar-refractivity contribution in [1.82, 2.24) is 9.55 Å². The zero-order chi connectivity index (χ0) is 22.8. The first-order chi connectivity index (χ1) is 15.4. The number of nitrogens with zero attached hydrogens (tertiary/aromatic N) is 3. The Balaban J connectivity index is 1.78. The fraction of sp³-hybridized carbons (Fsp3) is 0.292. The van der Waals surface area contributed by atoms with Crippen molar-refractivity contribution in [1.29, 1.82) is 0 Å². The SMILES string of the molecule is COc1ccc([C@H]2N=C(Nc3ccc(C(C)C)cc3)Nc3nc(C)cc(=O)n32)c(OC)c1. The normalized spacial score (nSPS) is 14.9. The minimum absolute atomic E-state index is 0.202. The second-order valence-electron chi connectivity index (χ2n) is 7.92. The van der Waals surface area contributed by atoms with Gasteiger partial charge in [0.15, 0.2) is 6.17 Å². The summed E-state index contributed by atoms with van der Waals surface area (Å²) < 4.78 is 12.4. The molecule has 1 atom stereocenters. The highest BCUT2D eigenvalue weighted by molar-refractivity contribution is 6.03. The Kier molecular flexibility index (Phi) is 5.85. The number of rotatable bonds is 5. The number of hydrogen-bond acceptors (Lipinski definition) is 7. The molecular weight excluding hydrogens is 406 g/mol. The number of nitrogens with one attached hydrogen (secondary N) is 2. The van der Waals surface area contributed by atoms with Crippen LogP contribution >= 0.6 is 0 Å². The minimum atomic E-state index is -0.662. The van der Waals surface area contributed by atoms with Crippen LogP contribution < -0.4 is 25.7 Å². The van der Waals surface area contributed by atoms with Gasteiger partial charge in [0.05, 0.1) is 14.2 Å². The van der Waals surface area contributed by atoms with E-state index in [9.17, 15) is 4.79 Å². The first-order valence-electron chi connectivity index (χ1n) is 10.4. The van der Waals surface area contributed by atoms with Crippen LogP contribution in [-0.4, -0.2) is 29.7 Å². The Morgan fingerprint density at radius 2 is 1.81 bits per heavy atom. The summed E-state index contributed by atoms with van der Waals surface area (Å²) in [5.41, 5.74) is 3.27. The molecule has 0 amide bonds. The number of aliphatic imine (C=N–C) groups is 1. The molecule has 2 aromatic carbocycles. The first-order valence-corrected chi connectivity index (χ1v) is 10.4. The Bertz CT molecular complexity index is 1220. The molecule has 0 fully saturated rings. The van der Waals surface area contributed by atoms with Gasteiger partial charge < -0.3 is 14.8 Å². The van der Waals surface area contributed by atoms with Gasteiger partial charge >= 0.3 is 0 Å². The lowest BCUT2D eigenvalue weighted by Crippen LogP contribution is -2.37. The summed E-state index contributed by atoms with van der Waals surface area (Å²) in [6, 6.07) is 15.1. The molecular formula is C24H27N5O3. The molecule has 0 radical (unpaired) electrons. The number of aryl methyl sites for hydroxylation is 1. The quantitative estimate of drug-likeness (QED) is 0.629. The molecule has 0 aliphatic carbocycles. The molecule has 8 nitrogen and oxygen atoms in total. The molecule has 0 spiro atoms. The molecule has 4 rings (SSSR count). The number of fused-ring (bicyclic) bond motifs is 1. The van der Waals surface area contributed by atoms with E-state index in [1.807, 2.05) is 24.3 Å². The van der Waals surface area contributed by atoms with E-state index in [0.717, 1.165) is 11.3 Å². The van der Waals surface area contributed by atoms with Gasteiger partial charge in [0.25, 0.3) is 5.56 Å². The van der Waals surface area contributed by atoms with Gasteiger partial charge in [-0.2, -0.15) is 0 Å². The van der Waals surface area contributed by atoms with Crippen molar-refractivity contribution in [3.63, 3.8) is 0 Å². The highest BCUT2D eigenvalue weighted by Crippen LogP contribution is 2.34. The second-order valence-corrected chi connectivity index (χ2v) is 7.92. The van der Waals surface area contributed by atoms with Crippen LogP contribution in [0.1, 0.15) is 42.8 Å². The smallest absolute Gasteiger partial charge is 0.257 e. The number of ether oxygens (including phenoxy) is 2. The molecule has 166 valence electrons. The van der Waals surface area contributed by atoms with Crippen LogP contribution in [0, 0.1) is 6.92 Å². The van der Waals surface area contributed by atoms with E-state index < -0.39 is 6.17 Å². The number of benzene rings is 2. The highest BCUT2D eigenvalue weighted by Gasteiger charge is 2.27. The van der Waals surface area contributed by atoms with E-state index in [2.05, 4.69) is 41.6 Å². The molecule has 0 bridgehead atoms. The van der Waals surface area contributed by atoms with Gasteiger partial charge in [-0.3, -0.25) is 14.7 Å². The van der Waals surface area contributed by atoms with E-state index in [4.69, 9.17) is 14.5 Å². The molecule has 0 saturated carbocycles. The fourth-order valence-corrected chi connectivity index (χ4v) is 3.64. The molecule has 0 saturated heterocycles. The van der Waals surface area contributed by atoms with Gasteiger partial charge in [-0.05, 0) is 42.7 Å². The maximum absolute atomic E-state index is 12.9. The third kappa shape index (κ3) is 4.16. The third-order valence-electron chi connectivity index (χ3n) is 5.37. The van der Waals surface area contributed by atoms with Crippen molar-refractivity contribution in [3.05, 3.63) is 75.7 Å². The molecule has 8 heteroatoms. The Hall–Kier alpha value is -3.81. The fourth-order valence-electron chi connectivity index (χ4n) is 3.64. The molecule has 1 aromatic heterocycles. The van der Waals surface area contributed by atoms with E-state index in [1.54, 1.807) is 27.2 Å². The van der Waals surface area contributed by atoms with Crippen LogP contribution in [0.5, 0.6) is 11.5 Å². The lowest BCUT2D eigenvalue weighted by molar-refractivity contribution is 0.385. The second kappa shape index (κ2) is 8.74. The zero-order valence-corrected chi connectivity index (χ0v) is 18.8. The first kappa shape index (κ1) is 21.4. The number of guanidine groups is 1. The van der Waals surface area contributed by atoms with Crippen molar-refractivity contribution >= 4 is 17.6 Å². The molecule has 2 heterocycles. The predicted octanol–water partition coefficient (Wildman–Crippen LogP) is 4.13. The van der Waals surface area contributed by atoms with E-state index in [1.165, 1.54) is 16.2 Å². The van der Waals surface area contributed by atoms with Crippen molar-refractivity contribution < 1.29 is 9.47 Å². The maximum Gasteiger partial charge on any atom is 0.257 e. The van der Waals surface area contributed by atoms with Gasteiger partial charge in [-0.15, -0.1) is 0 Å². The summed E-state index contributed by atoms with van der Waals surface area (Å²) in [5.74, 6) is 2.57. The van der Waals surface area contributed by atoms with Gasteiger partial charge in [0.2, 0.25) is 11.9 Å². The zero-order valence-electron chi connectivity index (χ0n) is 18.8. The Morgan fingerprint density at radius 3 is 2.47 bits per heavy atom. The van der Waals surface area contributed by atoms with E-state index in [0.29, 0.717) is 35.0 Å². The van der Waals surface area contributed by atoms with Crippen LogP contribution in [0.15, 0.2) is 58.3 Å². The standard InChI is InChI=1S/C24H27N5O3/c1-14(2)16-6-8-17(9-7-16)26-23-27-22(19-11-10-18(31-4)13-20(19)32-5)29-21(30)12-15(3)25-24(29)28-23/h6-14,22H,1-5H3,(H2,25,26,27,28)/t22-/m0/s1. The summed E-state index contributed by atoms with van der Waals surface area (Å²) in [6.07, 6.45) is -0.662. The molecule has 3 aromatic rings. The Morgan fingerprint density at radius 1 is 1.06 bits per heavy atom. The molecule has 1 aliphatic heterocycles. The van der Waals surface area contributed by atoms with Crippen LogP contribution in [-0.2, 0) is 0 Å². The molecule has 1 aliphatic rings. The number of methoxy groups -OCH3 is 2. The van der Waals surface area contributed by atoms with E-state index in [-0.39, 0.29) is 5.56 Å². The van der Waals surface area contributed by atoms with Crippen LogP contribution in [0.25, 0.3) is 0 Å². The average molecular weight is 434 g/mol. The van der Waals surface area contributed by atoms with Gasteiger partial charge in [0, 0.05) is 29.1 Å². The summed E-state index contributed by atoms with van der Waals surface area (Å²) in [5, 5.41) is 6.45. The van der Waals surface area contributed by atoms with Crippen molar-refractivity contribution in [3.8, 4) is 11.5 Å². The number of aromatic nitrogens is 2.